The lowest BCUT2D eigenvalue weighted by molar-refractivity contribution is -0.386. The highest BCUT2D eigenvalue weighted by Gasteiger charge is 2.19. The highest BCUT2D eigenvalue weighted by molar-refractivity contribution is 5.90. The molecule has 8 heteroatoms. The van der Waals surface area contributed by atoms with Crippen molar-refractivity contribution in [1.82, 2.24) is 5.16 Å². The van der Waals surface area contributed by atoms with Crippen LogP contribution in [0.3, 0.4) is 0 Å². The maximum absolute atomic E-state index is 11.4. The lowest BCUT2D eigenvalue weighted by atomic mass is 10.2. The van der Waals surface area contributed by atoms with Crippen LogP contribution < -0.4 is 4.74 Å². The second-order valence-electron chi connectivity index (χ2n) is 4.15. The molecule has 0 radical (unpaired) electrons. The summed E-state index contributed by atoms with van der Waals surface area (Å²) in [6.07, 6.45) is 0. The molecule has 0 aliphatic heterocycles. The van der Waals surface area contributed by atoms with Crippen molar-refractivity contribution in [1.29, 1.82) is 0 Å². The molecule has 0 atom stereocenters. The number of nitrogens with zero attached hydrogens (tertiary/aromatic N) is 2. The van der Waals surface area contributed by atoms with E-state index in [0.29, 0.717) is 11.5 Å². The van der Waals surface area contributed by atoms with Gasteiger partial charge >= 0.3 is 11.7 Å². The van der Waals surface area contributed by atoms with Crippen molar-refractivity contribution in [2.75, 3.05) is 7.11 Å². The third kappa shape index (κ3) is 3.35. The van der Waals surface area contributed by atoms with Crippen molar-refractivity contribution < 1.29 is 23.7 Å². The molecular formula is C13H12N2O6. The molecule has 0 aliphatic rings. The number of aryl methyl sites for hydroxylation is 1. The summed E-state index contributed by atoms with van der Waals surface area (Å²) in [5.74, 6) is -0.00535. The lowest BCUT2D eigenvalue weighted by Crippen LogP contribution is -2.04. The van der Waals surface area contributed by atoms with E-state index < -0.39 is 10.9 Å². The van der Waals surface area contributed by atoms with Crippen LogP contribution in [0.5, 0.6) is 5.75 Å². The van der Waals surface area contributed by atoms with Gasteiger partial charge in [0.15, 0.2) is 5.75 Å². The minimum Gasteiger partial charge on any atom is -0.480 e. The van der Waals surface area contributed by atoms with Gasteiger partial charge in [0.05, 0.1) is 17.6 Å². The van der Waals surface area contributed by atoms with Crippen LogP contribution in [-0.2, 0) is 11.3 Å². The fourth-order valence-corrected chi connectivity index (χ4v) is 1.66. The first kappa shape index (κ1) is 14.5. The number of carbonyl (C=O) groups is 1. The molecule has 0 saturated carbocycles. The van der Waals surface area contributed by atoms with Crippen LogP contribution in [0.15, 0.2) is 28.8 Å². The van der Waals surface area contributed by atoms with Crippen LogP contribution in [-0.4, -0.2) is 23.2 Å². The molecule has 0 fully saturated rings. The molecule has 8 nitrogen and oxygen atoms in total. The SMILES string of the molecule is COC(=O)c1ccc(OCc2cc(C)on2)c([N+](=O)[O-])c1. The van der Waals surface area contributed by atoms with Gasteiger partial charge in [-0.3, -0.25) is 10.1 Å². The topological polar surface area (TPSA) is 105 Å². The minimum atomic E-state index is -0.656. The highest BCUT2D eigenvalue weighted by atomic mass is 16.6. The van der Waals surface area contributed by atoms with Crippen molar-refractivity contribution in [3.05, 3.63) is 51.4 Å². The van der Waals surface area contributed by atoms with E-state index in [1.807, 2.05) is 0 Å². The summed E-state index contributed by atoms with van der Waals surface area (Å²) < 4.78 is 14.7. The summed E-state index contributed by atoms with van der Waals surface area (Å²) in [5, 5.41) is 14.8. The summed E-state index contributed by atoms with van der Waals surface area (Å²) in [4.78, 5) is 21.8. The quantitative estimate of drug-likeness (QED) is 0.472. The molecule has 1 aromatic carbocycles. The van der Waals surface area contributed by atoms with Crippen LogP contribution in [0.1, 0.15) is 21.8 Å². The third-order valence-corrected chi connectivity index (χ3v) is 2.63. The normalized spacial score (nSPS) is 10.2. The first-order chi connectivity index (χ1) is 10.0. The molecule has 0 amide bonds. The average molecular weight is 292 g/mol. The first-order valence-corrected chi connectivity index (χ1v) is 5.93. The Hall–Kier alpha value is -2.90. The summed E-state index contributed by atoms with van der Waals surface area (Å²) in [6, 6.07) is 5.50. The smallest absolute Gasteiger partial charge is 0.338 e. The molecule has 1 aromatic heterocycles. The van der Waals surface area contributed by atoms with Crippen LogP contribution in [0.4, 0.5) is 5.69 Å². The number of nitro benzene ring substituents is 1. The number of nitro groups is 1. The number of benzene rings is 1. The van der Waals surface area contributed by atoms with Crippen LogP contribution >= 0.6 is 0 Å². The van der Waals surface area contributed by atoms with Crippen molar-refractivity contribution in [3.63, 3.8) is 0 Å². The highest BCUT2D eigenvalue weighted by Crippen LogP contribution is 2.29. The lowest BCUT2D eigenvalue weighted by Gasteiger charge is -2.06. The summed E-state index contributed by atoms with van der Waals surface area (Å²) >= 11 is 0. The van der Waals surface area contributed by atoms with Gasteiger partial charge in [-0.2, -0.15) is 0 Å². The molecule has 2 rings (SSSR count). The second kappa shape index (κ2) is 6.04. The number of ether oxygens (including phenoxy) is 2. The second-order valence-corrected chi connectivity index (χ2v) is 4.15. The molecule has 0 saturated heterocycles. The standard InChI is InChI=1S/C13H12N2O6/c1-8-5-10(14-21-8)7-20-12-4-3-9(13(16)19-2)6-11(12)15(17)18/h3-6H,7H2,1-2H3. The van der Waals surface area contributed by atoms with Gasteiger partial charge < -0.3 is 14.0 Å². The number of esters is 1. The predicted octanol–water partition coefficient (Wildman–Crippen LogP) is 2.26. The summed E-state index contributed by atoms with van der Waals surface area (Å²) in [5.41, 5.74) is 0.269. The van der Waals surface area contributed by atoms with Crippen molar-refractivity contribution in [2.24, 2.45) is 0 Å². The molecule has 1 heterocycles. The number of hydrogen-bond donors (Lipinski definition) is 0. The Morgan fingerprint density at radius 1 is 1.43 bits per heavy atom. The zero-order valence-corrected chi connectivity index (χ0v) is 11.4. The molecule has 21 heavy (non-hydrogen) atoms. The van der Waals surface area contributed by atoms with E-state index in [1.165, 1.54) is 19.2 Å². The third-order valence-electron chi connectivity index (χ3n) is 2.63. The number of rotatable bonds is 5. The molecule has 2 aromatic rings. The largest absolute Gasteiger partial charge is 0.480 e. The Balaban J connectivity index is 2.22. The van der Waals surface area contributed by atoms with Crippen LogP contribution in [0.2, 0.25) is 0 Å². The van der Waals surface area contributed by atoms with E-state index >= 15 is 0 Å². The number of aromatic nitrogens is 1. The van der Waals surface area contributed by atoms with Gasteiger partial charge in [-0.1, -0.05) is 5.16 Å². The van der Waals surface area contributed by atoms with Crippen LogP contribution in [0.25, 0.3) is 0 Å². The number of hydrogen-bond acceptors (Lipinski definition) is 7. The number of carbonyl (C=O) groups excluding carboxylic acids is 1. The van der Waals surface area contributed by atoms with Gasteiger partial charge in [-0.25, -0.2) is 4.79 Å². The molecule has 0 bridgehead atoms. The summed E-state index contributed by atoms with van der Waals surface area (Å²) in [6.45, 7) is 1.75. The Kier molecular flexibility index (Phi) is 4.17. The zero-order chi connectivity index (χ0) is 15.4. The predicted molar refractivity (Wildman–Crippen MR) is 70.0 cm³/mol. The Morgan fingerprint density at radius 2 is 2.19 bits per heavy atom. The fourth-order valence-electron chi connectivity index (χ4n) is 1.66. The molecular weight excluding hydrogens is 280 g/mol. The van der Waals surface area contributed by atoms with E-state index in [4.69, 9.17) is 9.26 Å². The van der Waals surface area contributed by atoms with Gasteiger partial charge in [-0.15, -0.1) is 0 Å². The van der Waals surface area contributed by atoms with Crippen molar-refractivity contribution >= 4 is 11.7 Å². The average Bonchev–Trinajstić information content (AvgIpc) is 2.89. The van der Waals surface area contributed by atoms with Gasteiger partial charge in [0.25, 0.3) is 0 Å². The van der Waals surface area contributed by atoms with Crippen molar-refractivity contribution in [3.8, 4) is 5.75 Å². The van der Waals surface area contributed by atoms with Gasteiger partial charge in [0.1, 0.15) is 18.1 Å². The van der Waals surface area contributed by atoms with Crippen molar-refractivity contribution in [2.45, 2.75) is 13.5 Å². The van der Waals surface area contributed by atoms with E-state index in [1.54, 1.807) is 13.0 Å². The first-order valence-electron chi connectivity index (χ1n) is 5.93. The van der Waals surface area contributed by atoms with Gasteiger partial charge in [0, 0.05) is 12.1 Å². The summed E-state index contributed by atoms with van der Waals surface area (Å²) in [7, 11) is 1.20. The Labute approximate surface area is 119 Å². The fraction of sp³-hybridized carbons (Fsp3) is 0.231. The van der Waals surface area contributed by atoms with E-state index in [2.05, 4.69) is 9.89 Å². The van der Waals surface area contributed by atoms with Gasteiger partial charge in [-0.05, 0) is 19.1 Å². The molecule has 0 N–H and O–H groups in total. The maximum Gasteiger partial charge on any atom is 0.338 e. The number of methoxy groups -OCH3 is 1. The van der Waals surface area contributed by atoms with E-state index in [0.717, 1.165) is 6.07 Å². The monoisotopic (exact) mass is 292 g/mol. The van der Waals surface area contributed by atoms with E-state index in [9.17, 15) is 14.9 Å². The maximum atomic E-state index is 11.4. The van der Waals surface area contributed by atoms with Gasteiger partial charge in [0.2, 0.25) is 0 Å². The molecule has 0 spiro atoms. The Morgan fingerprint density at radius 3 is 2.76 bits per heavy atom. The Bertz CT molecular complexity index is 679. The molecule has 0 unspecified atom stereocenters. The zero-order valence-electron chi connectivity index (χ0n) is 11.4. The van der Waals surface area contributed by atoms with E-state index in [-0.39, 0.29) is 23.6 Å². The van der Waals surface area contributed by atoms with Crippen LogP contribution in [0, 0.1) is 17.0 Å². The minimum absolute atomic E-state index is 0.0236. The molecule has 110 valence electrons. The molecule has 0 aliphatic carbocycles.